The molecule has 0 spiro atoms. The predicted molar refractivity (Wildman–Crippen MR) is 122 cm³/mol. The van der Waals surface area contributed by atoms with E-state index in [2.05, 4.69) is 18.9 Å². The van der Waals surface area contributed by atoms with Crippen molar-refractivity contribution in [2.45, 2.75) is 51.5 Å². The molecule has 1 amide bonds. The van der Waals surface area contributed by atoms with Gasteiger partial charge in [0.2, 0.25) is 5.91 Å². The van der Waals surface area contributed by atoms with Gasteiger partial charge in [0, 0.05) is 56.8 Å². The van der Waals surface area contributed by atoms with E-state index in [1.165, 1.54) is 5.56 Å². The minimum absolute atomic E-state index is 0.0543. The highest BCUT2D eigenvalue weighted by molar-refractivity contribution is 5.77. The molecular weight excluding hydrogens is 406 g/mol. The molecule has 0 N–H and O–H groups in total. The van der Waals surface area contributed by atoms with Crippen LogP contribution in [0.15, 0.2) is 33.5 Å². The minimum Gasteiger partial charge on any atom is -0.408 e. The van der Waals surface area contributed by atoms with Crippen molar-refractivity contribution >= 4 is 22.8 Å². The van der Waals surface area contributed by atoms with Gasteiger partial charge in [0.1, 0.15) is 11.6 Å². The van der Waals surface area contributed by atoms with Crippen molar-refractivity contribution in [3.8, 4) is 0 Å². The number of rotatable bonds is 4. The zero-order valence-electron chi connectivity index (χ0n) is 18.7. The van der Waals surface area contributed by atoms with Crippen molar-refractivity contribution in [3.63, 3.8) is 0 Å². The van der Waals surface area contributed by atoms with E-state index in [0.29, 0.717) is 18.7 Å². The number of fused-ring (bicyclic) bond motifs is 2. The third kappa shape index (κ3) is 3.78. The number of hydrogen-bond donors (Lipinski definition) is 0. The Balaban J connectivity index is 1.29. The molecule has 2 aliphatic heterocycles. The first-order chi connectivity index (χ1) is 15.5. The number of benzene rings is 1. The molecule has 1 unspecified atom stereocenters. The van der Waals surface area contributed by atoms with Gasteiger partial charge in [0.05, 0.1) is 5.52 Å². The number of aryl methyl sites for hydroxylation is 2. The molecule has 1 aromatic carbocycles. The van der Waals surface area contributed by atoms with Gasteiger partial charge in [-0.25, -0.2) is 14.8 Å². The van der Waals surface area contributed by atoms with Crippen LogP contribution in [0.25, 0.3) is 11.1 Å². The van der Waals surface area contributed by atoms with E-state index in [1.54, 1.807) is 10.6 Å². The second-order valence-electron chi connectivity index (χ2n) is 8.91. The first-order valence-corrected chi connectivity index (χ1v) is 11.5. The molecule has 8 heteroatoms. The molecule has 4 heterocycles. The number of anilines is 1. The first kappa shape index (κ1) is 20.7. The topological polar surface area (TPSA) is 84.5 Å². The van der Waals surface area contributed by atoms with E-state index in [9.17, 15) is 9.59 Å². The molecule has 0 bridgehead atoms. The quantitative estimate of drug-likeness (QED) is 0.627. The van der Waals surface area contributed by atoms with Crippen molar-refractivity contribution in [3.05, 3.63) is 51.9 Å². The van der Waals surface area contributed by atoms with Gasteiger partial charge in [0.15, 0.2) is 5.58 Å². The third-order valence-electron chi connectivity index (χ3n) is 6.75. The summed E-state index contributed by atoms with van der Waals surface area (Å²) in [4.78, 5) is 39.1. The maximum absolute atomic E-state index is 13.0. The Hall–Kier alpha value is -3.16. The van der Waals surface area contributed by atoms with Crippen LogP contribution in [-0.4, -0.2) is 52.0 Å². The van der Waals surface area contributed by atoms with Crippen molar-refractivity contribution < 1.29 is 9.21 Å². The van der Waals surface area contributed by atoms with Crippen LogP contribution in [0.4, 0.5) is 5.82 Å². The van der Waals surface area contributed by atoms with Crippen LogP contribution in [-0.2, 0) is 17.8 Å². The number of oxazole rings is 1. The van der Waals surface area contributed by atoms with Crippen LogP contribution in [0.5, 0.6) is 0 Å². The number of hydrogen-bond acceptors (Lipinski definition) is 6. The van der Waals surface area contributed by atoms with Gasteiger partial charge in [-0.15, -0.1) is 0 Å². The summed E-state index contributed by atoms with van der Waals surface area (Å²) in [5, 5.41) is 0. The largest absolute Gasteiger partial charge is 0.419 e. The molecule has 8 nitrogen and oxygen atoms in total. The Kier molecular flexibility index (Phi) is 5.45. The Morgan fingerprint density at radius 3 is 2.91 bits per heavy atom. The molecule has 32 heavy (non-hydrogen) atoms. The fourth-order valence-electron chi connectivity index (χ4n) is 5.00. The molecule has 1 saturated heterocycles. The third-order valence-corrected chi connectivity index (χ3v) is 6.75. The summed E-state index contributed by atoms with van der Waals surface area (Å²) >= 11 is 0. The number of carbonyl (C=O) groups is 1. The minimum atomic E-state index is -0.419. The zero-order valence-corrected chi connectivity index (χ0v) is 18.7. The van der Waals surface area contributed by atoms with Crippen LogP contribution < -0.4 is 10.7 Å². The second kappa shape index (κ2) is 8.41. The summed E-state index contributed by atoms with van der Waals surface area (Å²) in [5.74, 6) is 1.68. The van der Waals surface area contributed by atoms with Gasteiger partial charge >= 0.3 is 5.76 Å². The summed E-state index contributed by atoms with van der Waals surface area (Å²) in [6.45, 7) is 4.76. The Bertz CT molecular complexity index is 1210. The standard InChI is InChI=1S/C24H29N5O3/c1-16-18-8-6-12-27(2)23(18)26-22(25-16)17-7-5-13-28(15-17)21(30)11-14-29-19-9-3-4-10-20(19)32-24(29)31/h3-4,9-10,17H,5-8,11-15H2,1-2H3. The molecule has 0 saturated carbocycles. The van der Waals surface area contributed by atoms with Gasteiger partial charge in [-0.2, -0.15) is 0 Å². The summed E-state index contributed by atoms with van der Waals surface area (Å²) in [5.41, 5.74) is 3.59. The summed E-state index contributed by atoms with van der Waals surface area (Å²) < 4.78 is 6.82. The van der Waals surface area contributed by atoms with E-state index < -0.39 is 5.76 Å². The molecule has 0 radical (unpaired) electrons. The monoisotopic (exact) mass is 435 g/mol. The Morgan fingerprint density at radius 1 is 1.19 bits per heavy atom. The number of aromatic nitrogens is 3. The van der Waals surface area contributed by atoms with E-state index in [1.807, 2.05) is 23.1 Å². The zero-order chi connectivity index (χ0) is 22.2. The van der Waals surface area contributed by atoms with Crippen molar-refractivity contribution in [2.24, 2.45) is 0 Å². The highest BCUT2D eigenvalue weighted by Crippen LogP contribution is 2.31. The van der Waals surface area contributed by atoms with Crippen molar-refractivity contribution in [1.29, 1.82) is 0 Å². The average Bonchev–Trinajstić information content (AvgIpc) is 3.13. The van der Waals surface area contributed by atoms with Crippen molar-refractivity contribution in [2.75, 3.05) is 31.6 Å². The fourth-order valence-corrected chi connectivity index (χ4v) is 5.00. The number of nitrogens with zero attached hydrogens (tertiary/aromatic N) is 5. The number of carbonyl (C=O) groups excluding carboxylic acids is 1. The number of piperidine rings is 1. The van der Waals surface area contributed by atoms with Crippen LogP contribution >= 0.6 is 0 Å². The van der Waals surface area contributed by atoms with E-state index in [4.69, 9.17) is 14.4 Å². The average molecular weight is 436 g/mol. The molecule has 2 aromatic heterocycles. The van der Waals surface area contributed by atoms with E-state index >= 15 is 0 Å². The highest BCUT2D eigenvalue weighted by Gasteiger charge is 2.29. The fraction of sp³-hybridized carbons (Fsp3) is 0.500. The predicted octanol–water partition coefficient (Wildman–Crippen LogP) is 2.87. The van der Waals surface area contributed by atoms with Crippen molar-refractivity contribution in [1.82, 2.24) is 19.4 Å². The lowest BCUT2D eigenvalue weighted by molar-refractivity contribution is -0.132. The number of amides is 1. The molecular formula is C24H29N5O3. The molecule has 5 rings (SSSR count). The van der Waals surface area contributed by atoms with Crippen LogP contribution in [0.3, 0.4) is 0 Å². The molecule has 3 aromatic rings. The van der Waals surface area contributed by atoms with Gasteiger partial charge < -0.3 is 14.2 Å². The summed E-state index contributed by atoms with van der Waals surface area (Å²) in [6, 6.07) is 7.30. The molecule has 2 aliphatic rings. The summed E-state index contributed by atoms with van der Waals surface area (Å²) in [7, 11) is 2.09. The Labute approximate surface area is 186 Å². The lowest BCUT2D eigenvalue weighted by atomic mass is 9.96. The van der Waals surface area contributed by atoms with E-state index in [0.717, 1.165) is 61.6 Å². The first-order valence-electron chi connectivity index (χ1n) is 11.5. The molecule has 1 atom stereocenters. The van der Waals surface area contributed by atoms with Gasteiger partial charge in [0.25, 0.3) is 0 Å². The maximum Gasteiger partial charge on any atom is 0.419 e. The maximum atomic E-state index is 13.0. The molecule has 168 valence electrons. The van der Waals surface area contributed by atoms with Crippen LogP contribution in [0.2, 0.25) is 0 Å². The smallest absolute Gasteiger partial charge is 0.408 e. The van der Waals surface area contributed by atoms with Gasteiger partial charge in [-0.3, -0.25) is 9.36 Å². The Morgan fingerprint density at radius 2 is 2.03 bits per heavy atom. The van der Waals surface area contributed by atoms with Gasteiger partial charge in [-0.05, 0) is 44.7 Å². The van der Waals surface area contributed by atoms with Gasteiger partial charge in [-0.1, -0.05) is 12.1 Å². The van der Waals surface area contributed by atoms with Crippen LogP contribution in [0.1, 0.15) is 48.7 Å². The number of likely N-dealkylation sites (tertiary alicyclic amines) is 1. The van der Waals surface area contributed by atoms with E-state index in [-0.39, 0.29) is 18.2 Å². The SMILES string of the molecule is Cc1nc(C2CCCN(C(=O)CCn3c(=O)oc4ccccc43)C2)nc2c1CCCN2C. The lowest BCUT2D eigenvalue weighted by Crippen LogP contribution is -2.40. The molecule has 0 aliphatic carbocycles. The number of para-hydroxylation sites is 2. The lowest BCUT2D eigenvalue weighted by Gasteiger charge is -2.33. The molecule has 1 fully saturated rings. The van der Waals surface area contributed by atoms with Crippen LogP contribution in [0, 0.1) is 6.92 Å². The normalized spacial score (nSPS) is 18.8. The second-order valence-corrected chi connectivity index (χ2v) is 8.91. The summed E-state index contributed by atoms with van der Waals surface area (Å²) in [6.07, 6.45) is 4.34. The highest BCUT2D eigenvalue weighted by atomic mass is 16.4.